The average molecular weight is 535 g/mol. The molecule has 0 fully saturated rings. The van der Waals surface area contributed by atoms with Crippen LogP contribution in [0.2, 0.25) is 0 Å². The summed E-state index contributed by atoms with van der Waals surface area (Å²) in [5.41, 5.74) is 4.47. The Morgan fingerprint density at radius 2 is 1.67 bits per heavy atom. The zero-order chi connectivity index (χ0) is 28.4. The first-order chi connectivity index (χ1) is 18.5. The highest BCUT2D eigenvalue weighted by Crippen LogP contribution is 2.35. The van der Waals surface area contributed by atoms with E-state index in [4.69, 9.17) is 4.74 Å². The SMILES string of the molecule is COc1ccc2c(c1)CN(C(=O)[C@H](C)N(C)C(=O)[C@H](C)N(C)C)[C@H](C(=O)N(C)C1CCCc3ccccc31)C2. The third-order valence-corrected chi connectivity index (χ3v) is 8.68. The van der Waals surface area contributed by atoms with Gasteiger partial charge in [-0.05, 0) is 81.6 Å². The maximum atomic E-state index is 14.2. The quantitative estimate of drug-likeness (QED) is 0.545. The highest BCUT2D eigenvalue weighted by atomic mass is 16.5. The molecule has 1 aliphatic carbocycles. The van der Waals surface area contributed by atoms with Crippen molar-refractivity contribution in [1.82, 2.24) is 19.6 Å². The molecule has 1 heterocycles. The van der Waals surface area contributed by atoms with Crippen molar-refractivity contribution in [2.45, 2.75) is 70.2 Å². The first-order valence-electron chi connectivity index (χ1n) is 13.8. The molecule has 0 saturated heterocycles. The van der Waals surface area contributed by atoms with Crippen LogP contribution in [0.3, 0.4) is 0 Å². The molecule has 2 aliphatic rings. The van der Waals surface area contributed by atoms with E-state index in [1.54, 1.807) is 26.0 Å². The molecule has 0 aromatic heterocycles. The summed E-state index contributed by atoms with van der Waals surface area (Å²) >= 11 is 0. The lowest BCUT2D eigenvalue weighted by atomic mass is 9.86. The molecule has 0 bridgehead atoms. The van der Waals surface area contributed by atoms with Gasteiger partial charge in [-0.25, -0.2) is 0 Å². The van der Waals surface area contributed by atoms with Crippen LogP contribution in [0, 0.1) is 0 Å². The summed E-state index contributed by atoms with van der Waals surface area (Å²) in [7, 11) is 8.82. The lowest BCUT2D eigenvalue weighted by Crippen LogP contribution is -2.58. The van der Waals surface area contributed by atoms with Crippen LogP contribution in [0.4, 0.5) is 0 Å². The fourth-order valence-corrected chi connectivity index (χ4v) is 5.77. The minimum absolute atomic E-state index is 0.0284. The Bertz CT molecular complexity index is 1230. The summed E-state index contributed by atoms with van der Waals surface area (Å²) in [6.07, 6.45) is 3.34. The third-order valence-electron chi connectivity index (χ3n) is 8.68. The van der Waals surface area contributed by atoms with Crippen molar-refractivity contribution in [2.24, 2.45) is 0 Å². The summed E-state index contributed by atoms with van der Waals surface area (Å²) in [5.74, 6) is 0.260. The van der Waals surface area contributed by atoms with E-state index in [1.165, 1.54) is 16.0 Å². The second kappa shape index (κ2) is 11.8. The van der Waals surface area contributed by atoms with Crippen molar-refractivity contribution in [1.29, 1.82) is 0 Å². The number of likely N-dealkylation sites (N-methyl/N-ethyl adjacent to an activating group) is 3. The standard InChI is InChI=1S/C31H42N4O4/c1-20(32(3)4)29(36)33(5)21(2)30(37)35-19-24-17-25(39-7)16-15-23(24)18-28(35)31(38)34(6)27-14-10-12-22-11-8-9-13-26(22)27/h8-9,11,13,15-17,20-21,27-28H,10,12,14,18-19H2,1-7H3/t20-,21-,27?,28-/m0/s1. The summed E-state index contributed by atoms with van der Waals surface area (Å²) < 4.78 is 5.43. The normalized spacial score (nSPS) is 19.9. The minimum Gasteiger partial charge on any atom is -0.497 e. The summed E-state index contributed by atoms with van der Waals surface area (Å²) in [4.78, 5) is 48.1. The lowest BCUT2D eigenvalue weighted by Gasteiger charge is -2.42. The van der Waals surface area contributed by atoms with Gasteiger partial charge in [-0.3, -0.25) is 19.3 Å². The van der Waals surface area contributed by atoms with Crippen LogP contribution >= 0.6 is 0 Å². The first kappa shape index (κ1) is 28.6. The van der Waals surface area contributed by atoms with Crippen molar-refractivity contribution in [3.8, 4) is 5.75 Å². The number of hydrogen-bond acceptors (Lipinski definition) is 5. The maximum absolute atomic E-state index is 14.2. The lowest BCUT2D eigenvalue weighted by molar-refractivity contribution is -0.153. The third kappa shape index (κ3) is 5.66. The van der Waals surface area contributed by atoms with Gasteiger partial charge in [0.2, 0.25) is 17.7 Å². The van der Waals surface area contributed by atoms with Crippen LogP contribution in [-0.4, -0.2) is 90.7 Å². The Hall–Kier alpha value is -3.39. The molecule has 210 valence electrons. The van der Waals surface area contributed by atoms with Gasteiger partial charge in [0.05, 0.1) is 19.2 Å². The number of aryl methyl sites for hydroxylation is 1. The Kier molecular flexibility index (Phi) is 8.64. The van der Waals surface area contributed by atoms with E-state index in [9.17, 15) is 14.4 Å². The first-order valence-corrected chi connectivity index (χ1v) is 13.8. The topological polar surface area (TPSA) is 73.4 Å². The second-order valence-electron chi connectivity index (χ2n) is 11.1. The Labute approximate surface area is 232 Å². The van der Waals surface area contributed by atoms with E-state index in [1.807, 2.05) is 68.2 Å². The van der Waals surface area contributed by atoms with E-state index < -0.39 is 12.1 Å². The van der Waals surface area contributed by atoms with Gasteiger partial charge < -0.3 is 19.4 Å². The largest absolute Gasteiger partial charge is 0.497 e. The van der Waals surface area contributed by atoms with E-state index >= 15 is 0 Å². The molecular weight excluding hydrogens is 492 g/mol. The molecule has 4 atom stereocenters. The monoisotopic (exact) mass is 534 g/mol. The molecule has 1 aliphatic heterocycles. The van der Waals surface area contributed by atoms with Crippen LogP contribution in [0.25, 0.3) is 0 Å². The molecule has 3 amide bonds. The molecule has 4 rings (SSSR count). The molecule has 0 radical (unpaired) electrons. The van der Waals surface area contributed by atoms with Gasteiger partial charge in [-0.1, -0.05) is 30.3 Å². The van der Waals surface area contributed by atoms with Gasteiger partial charge in [-0.15, -0.1) is 0 Å². The molecule has 8 nitrogen and oxygen atoms in total. The minimum atomic E-state index is -0.719. The fourth-order valence-electron chi connectivity index (χ4n) is 5.77. The number of methoxy groups -OCH3 is 1. The Balaban J connectivity index is 1.65. The smallest absolute Gasteiger partial charge is 0.246 e. The van der Waals surface area contributed by atoms with Crippen LogP contribution < -0.4 is 4.74 Å². The molecule has 8 heteroatoms. The second-order valence-corrected chi connectivity index (χ2v) is 11.1. The van der Waals surface area contributed by atoms with Crippen LogP contribution in [0.1, 0.15) is 55.0 Å². The van der Waals surface area contributed by atoms with E-state index in [0.717, 1.165) is 30.4 Å². The molecule has 0 saturated carbocycles. The molecule has 0 N–H and O–H groups in total. The molecule has 1 unspecified atom stereocenters. The zero-order valence-electron chi connectivity index (χ0n) is 24.3. The Morgan fingerprint density at radius 3 is 2.36 bits per heavy atom. The van der Waals surface area contributed by atoms with Crippen LogP contribution in [-0.2, 0) is 33.8 Å². The highest BCUT2D eigenvalue weighted by molar-refractivity contribution is 5.93. The van der Waals surface area contributed by atoms with Crippen molar-refractivity contribution < 1.29 is 19.1 Å². The number of ether oxygens (including phenoxy) is 1. The van der Waals surface area contributed by atoms with Crippen LogP contribution in [0.5, 0.6) is 5.75 Å². The van der Waals surface area contributed by atoms with Gasteiger partial charge in [0.25, 0.3) is 0 Å². The molecule has 2 aromatic rings. The zero-order valence-corrected chi connectivity index (χ0v) is 24.3. The predicted molar refractivity (Wildman–Crippen MR) is 151 cm³/mol. The highest BCUT2D eigenvalue weighted by Gasteiger charge is 2.41. The number of hydrogen-bond donors (Lipinski definition) is 0. The predicted octanol–water partition coefficient (Wildman–Crippen LogP) is 3.28. The molecular formula is C31H42N4O4. The van der Waals surface area contributed by atoms with E-state index in [-0.39, 0.29) is 36.3 Å². The van der Waals surface area contributed by atoms with Gasteiger partial charge in [0, 0.05) is 27.1 Å². The van der Waals surface area contributed by atoms with Crippen molar-refractivity contribution in [3.05, 3.63) is 64.7 Å². The molecule has 0 spiro atoms. The summed E-state index contributed by atoms with van der Waals surface area (Å²) in [5, 5.41) is 0. The maximum Gasteiger partial charge on any atom is 0.246 e. The average Bonchev–Trinajstić information content (AvgIpc) is 2.96. The Morgan fingerprint density at radius 1 is 0.949 bits per heavy atom. The summed E-state index contributed by atoms with van der Waals surface area (Å²) in [6, 6.07) is 12.4. The fraction of sp³-hybridized carbons (Fsp3) is 0.516. The van der Waals surface area contributed by atoms with E-state index in [0.29, 0.717) is 12.2 Å². The number of carbonyl (C=O) groups excluding carboxylic acids is 3. The van der Waals surface area contributed by atoms with Gasteiger partial charge in [0.15, 0.2) is 0 Å². The van der Waals surface area contributed by atoms with Gasteiger partial charge in [-0.2, -0.15) is 0 Å². The van der Waals surface area contributed by atoms with Crippen LogP contribution in [0.15, 0.2) is 42.5 Å². The molecule has 39 heavy (non-hydrogen) atoms. The number of fused-ring (bicyclic) bond motifs is 2. The van der Waals surface area contributed by atoms with E-state index in [2.05, 4.69) is 12.1 Å². The van der Waals surface area contributed by atoms with Crippen molar-refractivity contribution in [2.75, 3.05) is 35.3 Å². The molecule has 2 aromatic carbocycles. The van der Waals surface area contributed by atoms with Gasteiger partial charge in [0.1, 0.15) is 17.8 Å². The van der Waals surface area contributed by atoms with Crippen molar-refractivity contribution >= 4 is 17.7 Å². The van der Waals surface area contributed by atoms with Gasteiger partial charge >= 0.3 is 0 Å². The number of benzene rings is 2. The summed E-state index contributed by atoms with van der Waals surface area (Å²) in [6.45, 7) is 3.85. The van der Waals surface area contributed by atoms with Crippen molar-refractivity contribution in [3.63, 3.8) is 0 Å². The number of nitrogens with zero attached hydrogens (tertiary/aromatic N) is 4. The number of rotatable bonds is 7. The number of carbonyl (C=O) groups is 3. The number of amides is 3.